The normalized spacial score (nSPS) is 13.2. The Hall–Kier alpha value is -3.62. The van der Waals surface area contributed by atoms with Crippen molar-refractivity contribution in [3.05, 3.63) is 131 Å². The molecule has 1 aliphatic rings. The van der Waals surface area contributed by atoms with Gasteiger partial charge in [-0.3, -0.25) is 0 Å². The number of fused-ring (bicyclic) bond motifs is 3. The van der Waals surface area contributed by atoms with Gasteiger partial charge in [-0.05, 0) is 87.0 Å². The highest BCUT2D eigenvalue weighted by Crippen LogP contribution is 2.49. The second-order valence-corrected chi connectivity index (χ2v) is 10.6. The van der Waals surface area contributed by atoms with Crippen LogP contribution in [0, 0.1) is 0 Å². The monoisotopic (exact) mass is 515 g/mol. The van der Waals surface area contributed by atoms with Gasteiger partial charge in [-0.2, -0.15) is 0 Å². The molecule has 0 fully saturated rings. The Morgan fingerprint density at radius 2 is 1.03 bits per heavy atom. The lowest BCUT2D eigenvalue weighted by Gasteiger charge is -2.22. The first-order chi connectivity index (χ1) is 17.0. The van der Waals surface area contributed by atoms with Crippen LogP contribution in [0.3, 0.4) is 0 Å². The van der Waals surface area contributed by atoms with E-state index in [-0.39, 0.29) is 5.41 Å². The van der Waals surface area contributed by atoms with Crippen molar-refractivity contribution in [1.29, 1.82) is 0 Å². The van der Waals surface area contributed by atoms with E-state index in [0.29, 0.717) is 0 Å². The molecule has 0 unspecified atom stereocenters. The van der Waals surface area contributed by atoms with Gasteiger partial charge in [-0.1, -0.05) is 103 Å². The standard InChI is InChI=1S/C33H26BrN/c1-33(2)31-10-6-5-9-29(31)30-20-13-23(21-32(30)33)28-8-4-3-7-27(28)22-11-16-25(17-12-22)35-26-18-14-24(34)15-19-26/h3-21,35H,1-2H3. The number of rotatable bonds is 4. The first-order valence-corrected chi connectivity index (χ1v) is 12.8. The Labute approximate surface area is 215 Å². The molecule has 5 aromatic carbocycles. The lowest BCUT2D eigenvalue weighted by Crippen LogP contribution is -2.14. The lowest BCUT2D eigenvalue weighted by atomic mass is 9.81. The molecule has 0 saturated carbocycles. The van der Waals surface area contributed by atoms with E-state index in [2.05, 4.69) is 138 Å². The summed E-state index contributed by atoms with van der Waals surface area (Å²) in [5, 5.41) is 3.48. The molecule has 1 N–H and O–H groups in total. The minimum absolute atomic E-state index is 0.00275. The van der Waals surface area contributed by atoms with Crippen molar-refractivity contribution in [3.8, 4) is 33.4 Å². The van der Waals surface area contributed by atoms with E-state index in [0.717, 1.165) is 15.8 Å². The lowest BCUT2D eigenvalue weighted by molar-refractivity contribution is 0.660. The molecule has 170 valence electrons. The van der Waals surface area contributed by atoms with E-state index in [1.54, 1.807) is 0 Å². The first-order valence-electron chi connectivity index (χ1n) is 12.0. The van der Waals surface area contributed by atoms with Crippen molar-refractivity contribution in [1.82, 2.24) is 0 Å². The van der Waals surface area contributed by atoms with Crippen LogP contribution in [0.15, 0.2) is 120 Å². The number of benzene rings is 5. The highest BCUT2D eigenvalue weighted by molar-refractivity contribution is 9.10. The predicted molar refractivity (Wildman–Crippen MR) is 152 cm³/mol. The summed E-state index contributed by atoms with van der Waals surface area (Å²) in [7, 11) is 0. The zero-order chi connectivity index (χ0) is 24.0. The molecule has 1 nitrogen and oxygen atoms in total. The quantitative estimate of drug-likeness (QED) is 0.251. The molecule has 0 saturated heterocycles. The maximum atomic E-state index is 3.49. The van der Waals surface area contributed by atoms with Crippen LogP contribution < -0.4 is 5.32 Å². The number of nitrogens with one attached hydrogen (secondary N) is 1. The Morgan fingerprint density at radius 1 is 0.514 bits per heavy atom. The van der Waals surface area contributed by atoms with Crippen molar-refractivity contribution in [3.63, 3.8) is 0 Å². The van der Waals surface area contributed by atoms with Crippen LogP contribution in [0.25, 0.3) is 33.4 Å². The first kappa shape index (κ1) is 21.9. The zero-order valence-corrected chi connectivity index (χ0v) is 21.4. The van der Waals surface area contributed by atoms with Crippen LogP contribution in [0.1, 0.15) is 25.0 Å². The highest BCUT2D eigenvalue weighted by Gasteiger charge is 2.35. The fraction of sp³-hybridized carbons (Fsp3) is 0.0909. The van der Waals surface area contributed by atoms with Crippen LogP contribution in [-0.2, 0) is 5.41 Å². The molecular formula is C33H26BrN. The minimum Gasteiger partial charge on any atom is -0.356 e. The number of anilines is 2. The Kier molecular flexibility index (Phi) is 5.35. The van der Waals surface area contributed by atoms with Crippen molar-refractivity contribution in [2.45, 2.75) is 19.3 Å². The molecule has 0 spiro atoms. The molecule has 5 aromatic rings. The van der Waals surface area contributed by atoms with E-state index >= 15 is 0 Å². The Balaban J connectivity index is 1.35. The maximum Gasteiger partial charge on any atom is 0.0384 e. The second-order valence-electron chi connectivity index (χ2n) is 9.69. The zero-order valence-electron chi connectivity index (χ0n) is 19.8. The van der Waals surface area contributed by atoms with Crippen LogP contribution in [0.4, 0.5) is 11.4 Å². The van der Waals surface area contributed by atoms with Crippen molar-refractivity contribution < 1.29 is 0 Å². The summed E-state index contributed by atoms with van der Waals surface area (Å²) in [5.74, 6) is 0. The summed E-state index contributed by atoms with van der Waals surface area (Å²) >= 11 is 3.49. The fourth-order valence-corrected chi connectivity index (χ4v) is 5.56. The molecule has 0 bridgehead atoms. The van der Waals surface area contributed by atoms with Crippen molar-refractivity contribution in [2.75, 3.05) is 5.32 Å². The van der Waals surface area contributed by atoms with Gasteiger partial charge >= 0.3 is 0 Å². The van der Waals surface area contributed by atoms with Gasteiger partial charge in [-0.15, -0.1) is 0 Å². The molecule has 0 amide bonds. The highest BCUT2D eigenvalue weighted by atomic mass is 79.9. The summed E-state index contributed by atoms with van der Waals surface area (Å²) in [4.78, 5) is 0. The largest absolute Gasteiger partial charge is 0.356 e. The molecule has 6 rings (SSSR count). The smallest absolute Gasteiger partial charge is 0.0384 e. The van der Waals surface area contributed by atoms with Crippen LogP contribution in [0.5, 0.6) is 0 Å². The Bertz CT molecular complexity index is 1530. The topological polar surface area (TPSA) is 12.0 Å². The number of halogens is 1. The van der Waals surface area contributed by atoms with Crippen molar-refractivity contribution in [2.24, 2.45) is 0 Å². The average molecular weight is 516 g/mol. The average Bonchev–Trinajstić information content (AvgIpc) is 3.12. The van der Waals surface area contributed by atoms with Gasteiger partial charge in [-0.25, -0.2) is 0 Å². The van der Waals surface area contributed by atoms with E-state index in [1.807, 2.05) is 12.1 Å². The van der Waals surface area contributed by atoms with Crippen LogP contribution in [-0.4, -0.2) is 0 Å². The molecule has 1 aliphatic carbocycles. The van der Waals surface area contributed by atoms with Crippen LogP contribution in [0.2, 0.25) is 0 Å². The summed E-state index contributed by atoms with van der Waals surface area (Å²) < 4.78 is 1.08. The molecule has 0 aromatic heterocycles. The number of hydrogen-bond donors (Lipinski definition) is 1. The van der Waals surface area contributed by atoms with Gasteiger partial charge < -0.3 is 5.32 Å². The van der Waals surface area contributed by atoms with E-state index in [4.69, 9.17) is 0 Å². The second kappa shape index (κ2) is 8.55. The molecule has 0 radical (unpaired) electrons. The van der Waals surface area contributed by atoms with E-state index in [9.17, 15) is 0 Å². The minimum atomic E-state index is -0.00275. The van der Waals surface area contributed by atoms with Gasteiger partial charge in [0.2, 0.25) is 0 Å². The molecule has 2 heteroatoms. The summed E-state index contributed by atoms with van der Waals surface area (Å²) in [5.41, 5.74) is 12.7. The van der Waals surface area contributed by atoms with Crippen LogP contribution >= 0.6 is 15.9 Å². The van der Waals surface area contributed by atoms with Gasteiger partial charge in [0.25, 0.3) is 0 Å². The molecule has 0 atom stereocenters. The van der Waals surface area contributed by atoms with Gasteiger partial charge in [0.05, 0.1) is 0 Å². The Morgan fingerprint density at radius 3 is 1.71 bits per heavy atom. The fourth-order valence-electron chi connectivity index (χ4n) is 5.29. The number of hydrogen-bond acceptors (Lipinski definition) is 1. The third-order valence-corrected chi connectivity index (χ3v) is 7.68. The van der Waals surface area contributed by atoms with Gasteiger partial charge in [0, 0.05) is 21.3 Å². The summed E-state index contributed by atoms with van der Waals surface area (Å²) in [6.45, 7) is 4.68. The van der Waals surface area contributed by atoms with Crippen molar-refractivity contribution >= 4 is 27.3 Å². The summed E-state index contributed by atoms with van der Waals surface area (Å²) in [6, 6.07) is 41.4. The predicted octanol–water partition coefficient (Wildman–Crippen LogP) is 9.83. The molecule has 0 aliphatic heterocycles. The molecule has 0 heterocycles. The van der Waals surface area contributed by atoms with E-state index in [1.165, 1.54) is 44.5 Å². The van der Waals surface area contributed by atoms with Gasteiger partial charge in [0.15, 0.2) is 0 Å². The van der Waals surface area contributed by atoms with E-state index < -0.39 is 0 Å². The SMILES string of the molecule is CC1(C)c2ccccc2-c2ccc(-c3ccccc3-c3ccc(Nc4ccc(Br)cc4)cc3)cc21. The maximum absolute atomic E-state index is 3.49. The summed E-state index contributed by atoms with van der Waals surface area (Å²) in [6.07, 6.45) is 0. The molecule has 35 heavy (non-hydrogen) atoms. The molecular weight excluding hydrogens is 490 g/mol. The third kappa shape index (κ3) is 3.88. The van der Waals surface area contributed by atoms with Gasteiger partial charge in [0.1, 0.15) is 0 Å². The third-order valence-electron chi connectivity index (χ3n) is 7.15.